The molecule has 0 spiro atoms. The maximum atomic E-state index is 12.5. The minimum absolute atomic E-state index is 0.176. The molecule has 0 aliphatic heterocycles. The Hall–Kier alpha value is -3.22. The first-order valence-corrected chi connectivity index (χ1v) is 7.48. The molecule has 0 bridgehead atoms. The number of para-hydroxylation sites is 2. The third-order valence-corrected chi connectivity index (χ3v) is 3.41. The van der Waals surface area contributed by atoms with E-state index < -0.39 is 12.6 Å². The van der Waals surface area contributed by atoms with Gasteiger partial charge in [-0.15, -0.1) is 0 Å². The van der Waals surface area contributed by atoms with Crippen LogP contribution in [0.25, 0.3) is 0 Å². The number of benzene rings is 2. The Balaban J connectivity index is 2.12. The molecule has 132 valence electrons. The van der Waals surface area contributed by atoms with Gasteiger partial charge < -0.3 is 24.6 Å². The molecule has 0 aliphatic carbocycles. The van der Waals surface area contributed by atoms with E-state index in [2.05, 4.69) is 5.32 Å². The number of rotatable bonds is 8. The highest BCUT2D eigenvalue weighted by atomic mass is 16.5. The average molecular weight is 345 g/mol. The lowest BCUT2D eigenvalue weighted by atomic mass is 10.1. The lowest BCUT2D eigenvalue weighted by Gasteiger charge is -2.14. The van der Waals surface area contributed by atoms with E-state index >= 15 is 0 Å². The third kappa shape index (κ3) is 4.63. The van der Waals surface area contributed by atoms with Gasteiger partial charge in [-0.1, -0.05) is 24.3 Å². The van der Waals surface area contributed by atoms with Crippen LogP contribution in [0.4, 0.5) is 0 Å². The SMILES string of the molecule is COc1cccc(C(=O)NCc2ccccc2OCC(=O)O)c1OC. The summed E-state index contributed by atoms with van der Waals surface area (Å²) >= 11 is 0. The van der Waals surface area contributed by atoms with E-state index in [9.17, 15) is 9.59 Å². The van der Waals surface area contributed by atoms with Crippen molar-refractivity contribution in [3.05, 3.63) is 53.6 Å². The number of hydrogen-bond donors (Lipinski definition) is 2. The molecule has 25 heavy (non-hydrogen) atoms. The summed E-state index contributed by atoms with van der Waals surface area (Å²) in [5.41, 5.74) is 1.00. The molecule has 0 heterocycles. The number of amides is 1. The standard InChI is InChI=1S/C18H19NO6/c1-23-15-9-5-7-13(17(15)24-2)18(22)19-10-12-6-3-4-8-14(12)25-11-16(20)21/h3-9H,10-11H2,1-2H3,(H,19,22)(H,20,21). The largest absolute Gasteiger partial charge is 0.493 e. The summed E-state index contributed by atoms with van der Waals surface area (Å²) in [7, 11) is 2.96. The Bertz CT molecular complexity index is 759. The summed E-state index contributed by atoms with van der Waals surface area (Å²) in [4.78, 5) is 23.1. The molecule has 0 fully saturated rings. The van der Waals surface area contributed by atoms with E-state index in [1.165, 1.54) is 14.2 Å². The maximum absolute atomic E-state index is 12.5. The second-order valence-electron chi connectivity index (χ2n) is 5.01. The number of carboxylic acids is 1. The Morgan fingerprint density at radius 1 is 1.00 bits per heavy atom. The third-order valence-electron chi connectivity index (χ3n) is 3.41. The van der Waals surface area contributed by atoms with E-state index in [1.807, 2.05) is 0 Å². The number of carbonyl (C=O) groups excluding carboxylic acids is 1. The van der Waals surface area contributed by atoms with Crippen molar-refractivity contribution in [3.63, 3.8) is 0 Å². The number of ether oxygens (including phenoxy) is 3. The van der Waals surface area contributed by atoms with Gasteiger partial charge in [0.15, 0.2) is 18.1 Å². The topological polar surface area (TPSA) is 94.1 Å². The lowest BCUT2D eigenvalue weighted by molar-refractivity contribution is -0.139. The van der Waals surface area contributed by atoms with E-state index in [1.54, 1.807) is 42.5 Å². The zero-order valence-electron chi connectivity index (χ0n) is 13.9. The molecule has 1 amide bonds. The van der Waals surface area contributed by atoms with Crippen LogP contribution in [0.1, 0.15) is 15.9 Å². The summed E-state index contributed by atoms with van der Waals surface area (Å²) < 4.78 is 15.7. The van der Waals surface area contributed by atoms with Crippen molar-refractivity contribution in [1.82, 2.24) is 5.32 Å². The van der Waals surface area contributed by atoms with Gasteiger partial charge in [-0.3, -0.25) is 4.79 Å². The van der Waals surface area contributed by atoms with Crippen LogP contribution in [-0.4, -0.2) is 37.8 Å². The summed E-state index contributed by atoms with van der Waals surface area (Å²) in [6.45, 7) is -0.274. The number of methoxy groups -OCH3 is 2. The first-order chi connectivity index (χ1) is 12.1. The zero-order valence-corrected chi connectivity index (χ0v) is 13.9. The van der Waals surface area contributed by atoms with Crippen LogP contribution >= 0.6 is 0 Å². The van der Waals surface area contributed by atoms with E-state index in [-0.39, 0.29) is 12.5 Å². The van der Waals surface area contributed by atoms with Gasteiger partial charge in [0, 0.05) is 12.1 Å². The van der Waals surface area contributed by atoms with Gasteiger partial charge >= 0.3 is 5.97 Å². The molecule has 0 unspecified atom stereocenters. The lowest BCUT2D eigenvalue weighted by Crippen LogP contribution is -2.24. The van der Waals surface area contributed by atoms with Crippen molar-refractivity contribution >= 4 is 11.9 Å². The molecule has 2 rings (SSSR count). The predicted octanol–water partition coefficient (Wildman–Crippen LogP) is 2.10. The van der Waals surface area contributed by atoms with Gasteiger partial charge in [0.1, 0.15) is 5.75 Å². The highest BCUT2D eigenvalue weighted by Crippen LogP contribution is 2.30. The molecule has 7 nitrogen and oxygen atoms in total. The zero-order chi connectivity index (χ0) is 18.2. The van der Waals surface area contributed by atoms with Crippen molar-refractivity contribution in [2.45, 2.75) is 6.54 Å². The minimum atomic E-state index is -1.07. The highest BCUT2D eigenvalue weighted by molar-refractivity contribution is 5.97. The number of hydrogen-bond acceptors (Lipinski definition) is 5. The monoisotopic (exact) mass is 345 g/mol. The number of carbonyl (C=O) groups is 2. The smallest absolute Gasteiger partial charge is 0.341 e. The van der Waals surface area contributed by atoms with Gasteiger partial charge in [0.25, 0.3) is 5.91 Å². The van der Waals surface area contributed by atoms with Gasteiger partial charge in [-0.2, -0.15) is 0 Å². The molecule has 0 radical (unpaired) electrons. The van der Waals surface area contributed by atoms with Crippen molar-refractivity contribution in [2.24, 2.45) is 0 Å². The molecule has 0 atom stereocenters. The van der Waals surface area contributed by atoms with Crippen molar-refractivity contribution in [3.8, 4) is 17.2 Å². The van der Waals surface area contributed by atoms with Gasteiger partial charge in [0.2, 0.25) is 0 Å². The molecular weight excluding hydrogens is 326 g/mol. The molecule has 0 aromatic heterocycles. The molecule has 2 N–H and O–H groups in total. The van der Waals surface area contributed by atoms with E-state index in [0.717, 1.165) is 0 Å². The van der Waals surface area contributed by atoms with Gasteiger partial charge in [0.05, 0.1) is 19.8 Å². The average Bonchev–Trinajstić information content (AvgIpc) is 2.64. The Morgan fingerprint density at radius 2 is 1.72 bits per heavy atom. The molecule has 2 aromatic carbocycles. The normalized spacial score (nSPS) is 10.0. The fourth-order valence-electron chi connectivity index (χ4n) is 2.27. The van der Waals surface area contributed by atoms with E-state index in [0.29, 0.717) is 28.4 Å². The summed E-state index contributed by atoms with van der Waals surface area (Å²) in [5, 5.41) is 11.5. The molecule has 2 aromatic rings. The fraction of sp³-hybridized carbons (Fsp3) is 0.222. The Morgan fingerprint density at radius 3 is 2.40 bits per heavy atom. The van der Waals surface area contributed by atoms with Crippen LogP contribution in [0.3, 0.4) is 0 Å². The highest BCUT2D eigenvalue weighted by Gasteiger charge is 2.16. The summed E-state index contributed by atoms with van der Waals surface area (Å²) in [6, 6.07) is 11.9. The Labute approximate surface area is 145 Å². The van der Waals surface area contributed by atoms with Crippen LogP contribution in [0, 0.1) is 0 Å². The maximum Gasteiger partial charge on any atom is 0.341 e. The molecule has 7 heteroatoms. The molecule has 0 saturated heterocycles. The Kier molecular flexibility index (Phi) is 6.22. The molecular formula is C18H19NO6. The minimum Gasteiger partial charge on any atom is -0.493 e. The van der Waals surface area contributed by atoms with Crippen LogP contribution in [-0.2, 0) is 11.3 Å². The van der Waals surface area contributed by atoms with Gasteiger partial charge in [-0.05, 0) is 18.2 Å². The summed E-state index contributed by atoms with van der Waals surface area (Å²) in [6.07, 6.45) is 0. The predicted molar refractivity (Wildman–Crippen MR) is 90.3 cm³/mol. The fourth-order valence-corrected chi connectivity index (χ4v) is 2.27. The van der Waals surface area contributed by atoms with Crippen LogP contribution < -0.4 is 19.5 Å². The van der Waals surface area contributed by atoms with Crippen LogP contribution in [0.5, 0.6) is 17.2 Å². The number of nitrogens with one attached hydrogen (secondary N) is 1. The van der Waals surface area contributed by atoms with Crippen LogP contribution in [0.2, 0.25) is 0 Å². The van der Waals surface area contributed by atoms with Gasteiger partial charge in [-0.25, -0.2) is 4.79 Å². The van der Waals surface area contributed by atoms with Crippen molar-refractivity contribution < 1.29 is 28.9 Å². The van der Waals surface area contributed by atoms with Crippen molar-refractivity contribution in [2.75, 3.05) is 20.8 Å². The number of aliphatic carboxylic acids is 1. The number of carboxylic acid groups (broad SMARTS) is 1. The first kappa shape index (κ1) is 18.1. The van der Waals surface area contributed by atoms with Crippen molar-refractivity contribution in [1.29, 1.82) is 0 Å². The first-order valence-electron chi connectivity index (χ1n) is 7.48. The quantitative estimate of drug-likeness (QED) is 0.761. The van der Waals surface area contributed by atoms with Crippen LogP contribution in [0.15, 0.2) is 42.5 Å². The second-order valence-corrected chi connectivity index (χ2v) is 5.01. The van der Waals surface area contributed by atoms with E-state index in [4.69, 9.17) is 19.3 Å². The summed E-state index contributed by atoms with van der Waals surface area (Å²) in [5.74, 6) is -0.204. The second kappa shape index (κ2) is 8.58. The molecule has 0 saturated carbocycles. The molecule has 0 aliphatic rings.